The van der Waals surface area contributed by atoms with Crippen LogP contribution >= 0.6 is 0 Å². The Morgan fingerprint density at radius 2 is 2.00 bits per heavy atom. The van der Waals surface area contributed by atoms with E-state index in [1.54, 1.807) is 0 Å². The topological polar surface area (TPSA) is 75.6 Å². The summed E-state index contributed by atoms with van der Waals surface area (Å²) < 4.78 is 18.0. The highest BCUT2D eigenvalue weighted by Crippen LogP contribution is 2.39. The van der Waals surface area contributed by atoms with Crippen LogP contribution in [-0.4, -0.2) is 29.1 Å². The maximum Gasteiger partial charge on any atom is 0.329 e. The van der Waals surface area contributed by atoms with Crippen LogP contribution < -0.4 is 10.1 Å². The standard InChI is InChI=1S/C15H18FNO4/c1-15(14(19)20,10-2-3-10)17-13(18)8-9-21-12-6-4-11(16)5-7-12/h4-7,10H,2-3,8-9H2,1H3,(H,17,18)(H,19,20). The van der Waals surface area contributed by atoms with E-state index in [9.17, 15) is 19.1 Å². The molecule has 1 aromatic carbocycles. The predicted octanol–water partition coefficient (Wildman–Crippen LogP) is 1.96. The Kier molecular flexibility index (Phi) is 4.45. The summed E-state index contributed by atoms with van der Waals surface area (Å²) >= 11 is 0. The number of carboxylic acids is 1. The molecule has 1 aromatic rings. The van der Waals surface area contributed by atoms with Gasteiger partial charge in [-0.3, -0.25) is 4.79 Å². The molecule has 0 heterocycles. The average Bonchev–Trinajstić information content (AvgIpc) is 3.25. The highest BCUT2D eigenvalue weighted by molar-refractivity contribution is 5.87. The molecule has 1 aliphatic carbocycles. The van der Waals surface area contributed by atoms with E-state index in [2.05, 4.69) is 5.32 Å². The van der Waals surface area contributed by atoms with E-state index in [1.165, 1.54) is 31.2 Å². The van der Waals surface area contributed by atoms with E-state index in [0.717, 1.165) is 12.8 Å². The molecule has 0 aliphatic heterocycles. The van der Waals surface area contributed by atoms with E-state index in [-0.39, 0.29) is 30.7 Å². The van der Waals surface area contributed by atoms with Gasteiger partial charge in [0.15, 0.2) is 0 Å². The molecule has 0 aromatic heterocycles. The number of hydrogen-bond donors (Lipinski definition) is 2. The Morgan fingerprint density at radius 3 is 2.52 bits per heavy atom. The first-order valence-electron chi connectivity index (χ1n) is 6.84. The lowest BCUT2D eigenvalue weighted by atomic mass is 9.96. The molecule has 114 valence electrons. The fraction of sp³-hybridized carbons (Fsp3) is 0.467. The number of ether oxygens (including phenoxy) is 1. The van der Waals surface area contributed by atoms with Crippen molar-refractivity contribution in [1.82, 2.24) is 5.32 Å². The fourth-order valence-electron chi connectivity index (χ4n) is 2.14. The molecule has 6 heteroatoms. The van der Waals surface area contributed by atoms with Crippen molar-refractivity contribution < 1.29 is 23.8 Å². The third-order valence-electron chi connectivity index (χ3n) is 3.65. The molecule has 5 nitrogen and oxygen atoms in total. The molecule has 0 radical (unpaired) electrons. The molecule has 1 saturated carbocycles. The first kappa shape index (κ1) is 15.3. The minimum absolute atomic E-state index is 0.00281. The lowest BCUT2D eigenvalue weighted by Gasteiger charge is -2.26. The number of nitrogens with one attached hydrogen (secondary N) is 1. The number of halogens is 1. The van der Waals surface area contributed by atoms with Crippen molar-refractivity contribution in [3.05, 3.63) is 30.1 Å². The number of hydrogen-bond acceptors (Lipinski definition) is 3. The van der Waals surface area contributed by atoms with Crippen LogP contribution in [0.25, 0.3) is 0 Å². The van der Waals surface area contributed by atoms with Gasteiger partial charge in [-0.2, -0.15) is 0 Å². The molecule has 1 fully saturated rings. The average molecular weight is 295 g/mol. The van der Waals surface area contributed by atoms with Crippen LogP contribution in [0.3, 0.4) is 0 Å². The van der Waals surface area contributed by atoms with Gasteiger partial charge >= 0.3 is 5.97 Å². The summed E-state index contributed by atoms with van der Waals surface area (Å²) in [6.45, 7) is 1.64. The van der Waals surface area contributed by atoms with Crippen molar-refractivity contribution in [3.63, 3.8) is 0 Å². The van der Waals surface area contributed by atoms with Crippen molar-refractivity contribution in [3.8, 4) is 5.75 Å². The van der Waals surface area contributed by atoms with Gasteiger partial charge in [0.05, 0.1) is 13.0 Å². The molecule has 2 rings (SSSR count). The van der Waals surface area contributed by atoms with Gasteiger partial charge in [-0.25, -0.2) is 9.18 Å². The quantitative estimate of drug-likeness (QED) is 0.806. The van der Waals surface area contributed by atoms with E-state index >= 15 is 0 Å². The molecule has 21 heavy (non-hydrogen) atoms. The number of rotatable bonds is 7. The highest BCUT2D eigenvalue weighted by atomic mass is 19.1. The van der Waals surface area contributed by atoms with Crippen LogP contribution in [-0.2, 0) is 9.59 Å². The van der Waals surface area contributed by atoms with Crippen LogP contribution in [0.1, 0.15) is 26.2 Å². The highest BCUT2D eigenvalue weighted by Gasteiger charge is 2.48. The van der Waals surface area contributed by atoms with Crippen LogP contribution in [0, 0.1) is 11.7 Å². The molecule has 0 bridgehead atoms. The number of aliphatic carboxylic acids is 1. The smallest absolute Gasteiger partial charge is 0.329 e. The Balaban J connectivity index is 1.79. The van der Waals surface area contributed by atoms with Gasteiger partial charge in [0, 0.05) is 0 Å². The molecular formula is C15H18FNO4. The number of carbonyl (C=O) groups is 2. The Morgan fingerprint density at radius 1 is 1.38 bits per heavy atom. The number of carbonyl (C=O) groups excluding carboxylic acids is 1. The largest absolute Gasteiger partial charge is 0.493 e. The van der Waals surface area contributed by atoms with Gasteiger partial charge in [0.2, 0.25) is 5.91 Å². The van der Waals surface area contributed by atoms with Crippen molar-refractivity contribution in [2.24, 2.45) is 5.92 Å². The van der Waals surface area contributed by atoms with E-state index in [4.69, 9.17) is 4.74 Å². The Labute approximate surface area is 122 Å². The van der Waals surface area contributed by atoms with E-state index in [0.29, 0.717) is 5.75 Å². The second-order valence-corrected chi connectivity index (χ2v) is 5.38. The second-order valence-electron chi connectivity index (χ2n) is 5.38. The third-order valence-corrected chi connectivity index (χ3v) is 3.65. The molecule has 1 aliphatic rings. The summed E-state index contributed by atoms with van der Waals surface area (Å²) in [4.78, 5) is 23.1. The fourth-order valence-corrected chi connectivity index (χ4v) is 2.14. The van der Waals surface area contributed by atoms with Crippen LogP contribution in [0.2, 0.25) is 0 Å². The van der Waals surface area contributed by atoms with E-state index < -0.39 is 11.5 Å². The van der Waals surface area contributed by atoms with Gasteiger partial charge in [0.1, 0.15) is 17.1 Å². The maximum atomic E-state index is 12.7. The maximum absolute atomic E-state index is 12.7. The van der Waals surface area contributed by atoms with Crippen LogP contribution in [0.15, 0.2) is 24.3 Å². The zero-order valence-electron chi connectivity index (χ0n) is 11.8. The Hall–Kier alpha value is -2.11. The second kappa shape index (κ2) is 6.11. The van der Waals surface area contributed by atoms with Crippen molar-refractivity contribution >= 4 is 11.9 Å². The number of amides is 1. The molecule has 1 unspecified atom stereocenters. The number of benzene rings is 1. The van der Waals surface area contributed by atoms with Gasteiger partial charge in [0.25, 0.3) is 0 Å². The summed E-state index contributed by atoms with van der Waals surface area (Å²) in [5, 5.41) is 11.8. The van der Waals surface area contributed by atoms with Crippen molar-refractivity contribution in [2.75, 3.05) is 6.61 Å². The SMILES string of the molecule is CC(NC(=O)CCOc1ccc(F)cc1)(C(=O)O)C1CC1. The summed E-state index contributed by atoms with van der Waals surface area (Å²) in [6, 6.07) is 5.48. The van der Waals surface area contributed by atoms with Crippen LogP contribution in [0.4, 0.5) is 4.39 Å². The summed E-state index contributed by atoms with van der Waals surface area (Å²) in [5.74, 6) is -1.28. The first-order chi connectivity index (χ1) is 9.91. The predicted molar refractivity (Wildman–Crippen MR) is 73.4 cm³/mol. The van der Waals surface area contributed by atoms with Crippen molar-refractivity contribution in [1.29, 1.82) is 0 Å². The molecule has 0 spiro atoms. The first-order valence-corrected chi connectivity index (χ1v) is 6.84. The summed E-state index contributed by atoms with van der Waals surface area (Å²) in [5.41, 5.74) is -1.20. The molecule has 1 amide bonds. The molecule has 1 atom stereocenters. The monoisotopic (exact) mass is 295 g/mol. The summed E-state index contributed by atoms with van der Waals surface area (Å²) in [7, 11) is 0. The minimum atomic E-state index is -1.20. The van der Waals surface area contributed by atoms with E-state index in [1.807, 2.05) is 0 Å². The van der Waals surface area contributed by atoms with Crippen LogP contribution in [0.5, 0.6) is 5.75 Å². The minimum Gasteiger partial charge on any atom is -0.493 e. The molecule has 2 N–H and O–H groups in total. The third kappa shape index (κ3) is 3.93. The van der Waals surface area contributed by atoms with Gasteiger partial charge < -0.3 is 15.2 Å². The lowest BCUT2D eigenvalue weighted by Crippen LogP contribution is -2.54. The van der Waals surface area contributed by atoms with Crippen molar-refractivity contribution in [2.45, 2.75) is 31.7 Å². The lowest BCUT2D eigenvalue weighted by molar-refractivity contribution is -0.148. The Bertz CT molecular complexity index is 527. The zero-order chi connectivity index (χ0) is 15.5. The number of carboxylic acid groups (broad SMARTS) is 1. The van der Waals surface area contributed by atoms with Gasteiger partial charge in [-0.05, 0) is 49.9 Å². The molecule has 0 saturated heterocycles. The van der Waals surface area contributed by atoms with Gasteiger partial charge in [-0.15, -0.1) is 0 Å². The normalized spacial score (nSPS) is 16.9. The zero-order valence-corrected chi connectivity index (χ0v) is 11.8. The van der Waals surface area contributed by atoms with Gasteiger partial charge in [-0.1, -0.05) is 0 Å². The summed E-state index contributed by atoms with van der Waals surface area (Å²) in [6.07, 6.45) is 1.68. The molecular weight excluding hydrogens is 277 g/mol.